The summed E-state index contributed by atoms with van der Waals surface area (Å²) in [5.74, 6) is 1.29. The highest BCUT2D eigenvalue weighted by Gasteiger charge is 2.39. The smallest absolute Gasteiger partial charge is 0.307 e. The molecule has 2 unspecified atom stereocenters. The molecule has 17 heavy (non-hydrogen) atoms. The van der Waals surface area contributed by atoms with Crippen molar-refractivity contribution in [3.05, 3.63) is 0 Å². The minimum Gasteiger partial charge on any atom is -0.469 e. The minimum atomic E-state index is -0.0881. The minimum absolute atomic E-state index is 0.0276. The maximum Gasteiger partial charge on any atom is 0.307 e. The Hall–Kier alpha value is -0.570. The van der Waals surface area contributed by atoms with Crippen molar-refractivity contribution in [1.29, 1.82) is 0 Å². The van der Waals surface area contributed by atoms with Crippen molar-refractivity contribution >= 4 is 5.97 Å². The van der Waals surface area contributed by atoms with Crippen LogP contribution in [0.25, 0.3) is 0 Å². The van der Waals surface area contributed by atoms with Crippen LogP contribution in [0.2, 0.25) is 0 Å². The first-order chi connectivity index (χ1) is 8.01. The number of ether oxygens (including phenoxy) is 1. The molecule has 0 saturated heterocycles. The van der Waals surface area contributed by atoms with E-state index >= 15 is 0 Å². The SMILES string of the molecule is CCCNC1(CC(=O)OC)CC(C)CC(C)C1. The predicted molar refractivity (Wildman–Crippen MR) is 69.8 cm³/mol. The summed E-state index contributed by atoms with van der Waals surface area (Å²) in [5.41, 5.74) is -0.0276. The number of rotatable bonds is 5. The van der Waals surface area contributed by atoms with Crippen LogP contribution in [0.5, 0.6) is 0 Å². The first-order valence-electron chi connectivity index (χ1n) is 6.83. The average molecular weight is 241 g/mol. The monoisotopic (exact) mass is 241 g/mol. The zero-order valence-corrected chi connectivity index (χ0v) is 11.7. The van der Waals surface area contributed by atoms with Crippen LogP contribution in [-0.4, -0.2) is 25.2 Å². The molecule has 100 valence electrons. The fourth-order valence-electron chi connectivity index (χ4n) is 3.36. The highest BCUT2D eigenvalue weighted by molar-refractivity contribution is 5.70. The molecule has 1 N–H and O–H groups in total. The molecule has 0 aromatic heterocycles. The molecule has 1 aliphatic carbocycles. The molecule has 0 amide bonds. The van der Waals surface area contributed by atoms with E-state index in [0.717, 1.165) is 25.8 Å². The van der Waals surface area contributed by atoms with Crippen molar-refractivity contribution in [2.75, 3.05) is 13.7 Å². The van der Waals surface area contributed by atoms with Crippen molar-refractivity contribution in [2.24, 2.45) is 11.8 Å². The molecular formula is C14H27NO2. The van der Waals surface area contributed by atoms with Gasteiger partial charge >= 0.3 is 5.97 Å². The van der Waals surface area contributed by atoms with Gasteiger partial charge in [0, 0.05) is 5.54 Å². The third-order valence-electron chi connectivity index (χ3n) is 3.74. The van der Waals surface area contributed by atoms with E-state index in [0.29, 0.717) is 18.3 Å². The van der Waals surface area contributed by atoms with Crippen molar-refractivity contribution in [1.82, 2.24) is 5.32 Å². The first-order valence-corrected chi connectivity index (χ1v) is 6.83. The van der Waals surface area contributed by atoms with Gasteiger partial charge in [0.05, 0.1) is 13.5 Å². The Kier molecular flexibility index (Phi) is 5.44. The summed E-state index contributed by atoms with van der Waals surface area (Å²) in [5, 5.41) is 3.61. The number of esters is 1. The Balaban J connectivity index is 2.72. The number of carbonyl (C=O) groups is 1. The average Bonchev–Trinajstić information content (AvgIpc) is 2.24. The van der Waals surface area contributed by atoms with Gasteiger partial charge in [0.1, 0.15) is 0 Å². The van der Waals surface area contributed by atoms with Crippen molar-refractivity contribution in [2.45, 2.75) is 58.4 Å². The van der Waals surface area contributed by atoms with Gasteiger partial charge in [-0.1, -0.05) is 20.8 Å². The Morgan fingerprint density at radius 2 is 1.94 bits per heavy atom. The molecule has 0 bridgehead atoms. The topological polar surface area (TPSA) is 38.3 Å². The highest BCUT2D eigenvalue weighted by atomic mass is 16.5. The van der Waals surface area contributed by atoms with Gasteiger partial charge in [0.25, 0.3) is 0 Å². The second-order valence-electron chi connectivity index (χ2n) is 5.81. The van der Waals surface area contributed by atoms with E-state index in [1.165, 1.54) is 13.5 Å². The second-order valence-corrected chi connectivity index (χ2v) is 5.81. The lowest BCUT2D eigenvalue weighted by atomic mass is 9.70. The number of hydrogen-bond acceptors (Lipinski definition) is 3. The molecule has 0 spiro atoms. The van der Waals surface area contributed by atoms with Crippen LogP contribution in [-0.2, 0) is 9.53 Å². The number of nitrogens with one attached hydrogen (secondary N) is 1. The summed E-state index contributed by atoms with van der Waals surface area (Å²) in [6.45, 7) is 7.72. The summed E-state index contributed by atoms with van der Waals surface area (Å²) >= 11 is 0. The van der Waals surface area contributed by atoms with Crippen LogP contribution >= 0.6 is 0 Å². The number of methoxy groups -OCH3 is 1. The second kappa shape index (κ2) is 6.39. The summed E-state index contributed by atoms with van der Waals surface area (Å²) < 4.78 is 4.85. The van der Waals surface area contributed by atoms with E-state index in [1.807, 2.05) is 0 Å². The standard InChI is InChI=1S/C14H27NO2/c1-5-6-15-14(10-13(16)17-4)8-11(2)7-12(3)9-14/h11-12,15H,5-10H2,1-4H3. The van der Waals surface area contributed by atoms with Gasteiger partial charge in [-0.15, -0.1) is 0 Å². The molecule has 2 atom stereocenters. The van der Waals surface area contributed by atoms with E-state index < -0.39 is 0 Å². The molecule has 3 nitrogen and oxygen atoms in total. The molecule has 0 aliphatic heterocycles. The Morgan fingerprint density at radius 3 is 2.41 bits per heavy atom. The van der Waals surface area contributed by atoms with Gasteiger partial charge in [-0.25, -0.2) is 0 Å². The normalized spacial score (nSPS) is 33.4. The van der Waals surface area contributed by atoms with E-state index in [1.54, 1.807) is 0 Å². The molecule has 0 radical (unpaired) electrons. The largest absolute Gasteiger partial charge is 0.469 e. The Morgan fingerprint density at radius 1 is 1.35 bits per heavy atom. The van der Waals surface area contributed by atoms with Crippen LogP contribution in [0.1, 0.15) is 52.9 Å². The van der Waals surface area contributed by atoms with Crippen molar-refractivity contribution in [3.8, 4) is 0 Å². The number of carbonyl (C=O) groups excluding carboxylic acids is 1. The van der Waals surface area contributed by atoms with E-state index in [-0.39, 0.29) is 11.5 Å². The fraction of sp³-hybridized carbons (Fsp3) is 0.929. The van der Waals surface area contributed by atoms with Gasteiger partial charge in [0.15, 0.2) is 0 Å². The van der Waals surface area contributed by atoms with Crippen LogP contribution < -0.4 is 5.32 Å². The van der Waals surface area contributed by atoms with Gasteiger partial charge in [0.2, 0.25) is 0 Å². The van der Waals surface area contributed by atoms with E-state index in [4.69, 9.17) is 4.74 Å². The summed E-state index contributed by atoms with van der Waals surface area (Å²) in [6.07, 6.45) is 5.07. The lowest BCUT2D eigenvalue weighted by Crippen LogP contribution is -2.52. The predicted octanol–water partition coefficient (Wildman–Crippen LogP) is 2.74. The Bertz CT molecular complexity index is 243. The quantitative estimate of drug-likeness (QED) is 0.752. The van der Waals surface area contributed by atoms with Gasteiger partial charge in [-0.05, 0) is 44.1 Å². The third kappa shape index (κ3) is 4.30. The fourth-order valence-corrected chi connectivity index (χ4v) is 3.36. The molecule has 0 aromatic rings. The van der Waals surface area contributed by atoms with Crippen LogP contribution in [0.3, 0.4) is 0 Å². The molecule has 1 rings (SSSR count). The zero-order valence-electron chi connectivity index (χ0n) is 11.7. The summed E-state index contributed by atoms with van der Waals surface area (Å²) in [4.78, 5) is 11.6. The van der Waals surface area contributed by atoms with Crippen LogP contribution in [0, 0.1) is 11.8 Å². The molecule has 1 saturated carbocycles. The molecule has 3 heteroatoms. The van der Waals surface area contributed by atoms with Crippen LogP contribution in [0.4, 0.5) is 0 Å². The van der Waals surface area contributed by atoms with Gasteiger partial charge < -0.3 is 10.1 Å². The van der Waals surface area contributed by atoms with Crippen LogP contribution in [0.15, 0.2) is 0 Å². The maximum atomic E-state index is 11.6. The molecule has 0 heterocycles. The molecular weight excluding hydrogens is 214 g/mol. The lowest BCUT2D eigenvalue weighted by molar-refractivity contribution is -0.143. The highest BCUT2D eigenvalue weighted by Crippen LogP contribution is 2.38. The molecule has 1 aliphatic rings. The summed E-state index contributed by atoms with van der Waals surface area (Å²) in [7, 11) is 1.48. The Labute approximate surface area is 105 Å². The van der Waals surface area contributed by atoms with Crippen molar-refractivity contribution < 1.29 is 9.53 Å². The lowest BCUT2D eigenvalue weighted by Gasteiger charge is -2.43. The first kappa shape index (κ1) is 14.5. The molecule has 1 fully saturated rings. The zero-order chi connectivity index (χ0) is 12.9. The maximum absolute atomic E-state index is 11.6. The van der Waals surface area contributed by atoms with Crippen molar-refractivity contribution in [3.63, 3.8) is 0 Å². The summed E-state index contributed by atoms with van der Waals surface area (Å²) in [6, 6.07) is 0. The third-order valence-corrected chi connectivity index (χ3v) is 3.74. The molecule has 0 aromatic carbocycles. The van der Waals surface area contributed by atoms with E-state index in [9.17, 15) is 4.79 Å². The van der Waals surface area contributed by atoms with Gasteiger partial charge in [-0.2, -0.15) is 0 Å². The number of hydrogen-bond donors (Lipinski definition) is 1. The van der Waals surface area contributed by atoms with Gasteiger partial charge in [-0.3, -0.25) is 4.79 Å². The van der Waals surface area contributed by atoms with E-state index in [2.05, 4.69) is 26.1 Å².